The first-order chi connectivity index (χ1) is 17.3. The second-order valence-electron chi connectivity index (χ2n) is 7.56. The molecule has 0 saturated carbocycles. The summed E-state index contributed by atoms with van der Waals surface area (Å²) in [7, 11) is 0. The molecule has 0 atom stereocenters. The zero-order valence-electron chi connectivity index (χ0n) is 18.8. The van der Waals surface area contributed by atoms with Crippen molar-refractivity contribution >= 4 is 69.8 Å². The van der Waals surface area contributed by atoms with Crippen molar-refractivity contribution in [1.29, 1.82) is 0 Å². The van der Waals surface area contributed by atoms with E-state index in [0.717, 1.165) is 5.56 Å². The quantitative estimate of drug-likeness (QED) is 0.181. The number of carbonyl (C=O) groups excluding carboxylic acids is 2. The average Bonchev–Trinajstić information content (AvgIpc) is 3.52. The van der Waals surface area contributed by atoms with Crippen LogP contribution >= 0.6 is 35.4 Å². The molecule has 2 heterocycles. The monoisotopic (exact) mass is 539 g/mol. The van der Waals surface area contributed by atoms with Crippen molar-refractivity contribution in [2.45, 2.75) is 6.92 Å². The Morgan fingerprint density at radius 2 is 1.83 bits per heavy atom. The minimum absolute atomic E-state index is 0.115. The van der Waals surface area contributed by atoms with E-state index in [0.29, 0.717) is 38.5 Å². The summed E-state index contributed by atoms with van der Waals surface area (Å²) >= 11 is 17.4. The van der Waals surface area contributed by atoms with E-state index in [2.05, 4.69) is 16.0 Å². The second kappa shape index (κ2) is 11.3. The van der Waals surface area contributed by atoms with E-state index in [-0.39, 0.29) is 16.8 Å². The van der Waals surface area contributed by atoms with Gasteiger partial charge in [0.2, 0.25) is 5.91 Å². The Kier molecular flexibility index (Phi) is 7.90. The lowest BCUT2D eigenvalue weighted by molar-refractivity contribution is -0.115. The largest absolute Gasteiger partial charge is 0.459 e. The maximum Gasteiger partial charge on any atom is 0.291 e. The van der Waals surface area contributed by atoms with Gasteiger partial charge in [0.05, 0.1) is 11.3 Å². The Hall–Kier alpha value is -3.85. The molecule has 2 aromatic heterocycles. The molecule has 0 aliphatic carbocycles. The van der Waals surface area contributed by atoms with Crippen molar-refractivity contribution in [3.8, 4) is 11.3 Å². The molecule has 2 amide bonds. The van der Waals surface area contributed by atoms with Crippen molar-refractivity contribution in [3.63, 3.8) is 0 Å². The molecule has 0 fully saturated rings. The molecule has 0 aliphatic heterocycles. The van der Waals surface area contributed by atoms with Crippen molar-refractivity contribution in [2.24, 2.45) is 0 Å². The van der Waals surface area contributed by atoms with Gasteiger partial charge in [0, 0.05) is 28.0 Å². The van der Waals surface area contributed by atoms with Gasteiger partial charge in [0.25, 0.3) is 5.91 Å². The summed E-state index contributed by atoms with van der Waals surface area (Å²) in [6.45, 7) is 1.84. The highest BCUT2D eigenvalue weighted by Crippen LogP contribution is 2.31. The molecular weight excluding hydrogens is 521 g/mol. The van der Waals surface area contributed by atoms with E-state index < -0.39 is 5.91 Å². The predicted octanol–water partition coefficient (Wildman–Crippen LogP) is 6.93. The minimum atomic E-state index is -0.436. The molecule has 7 nitrogen and oxygen atoms in total. The Morgan fingerprint density at radius 1 is 1.00 bits per heavy atom. The van der Waals surface area contributed by atoms with Gasteiger partial charge in [-0.3, -0.25) is 14.9 Å². The zero-order valence-corrected chi connectivity index (χ0v) is 21.1. The maximum absolute atomic E-state index is 12.3. The molecule has 182 valence electrons. The summed E-state index contributed by atoms with van der Waals surface area (Å²) in [5.41, 5.74) is 2.76. The molecule has 0 unspecified atom stereocenters. The molecule has 3 N–H and O–H groups in total. The molecule has 36 heavy (non-hydrogen) atoms. The van der Waals surface area contributed by atoms with Gasteiger partial charge in [-0.25, -0.2) is 0 Å². The lowest BCUT2D eigenvalue weighted by Gasteiger charge is -2.12. The molecule has 0 saturated heterocycles. The number of halogens is 2. The molecule has 0 aliphatic rings. The topological polar surface area (TPSA) is 96.5 Å². The fourth-order valence-corrected chi connectivity index (χ4v) is 3.94. The number of anilines is 2. The lowest BCUT2D eigenvalue weighted by Crippen LogP contribution is -2.32. The number of thiocarbonyl (C=S) groups is 1. The molecule has 4 aromatic rings. The van der Waals surface area contributed by atoms with Crippen LogP contribution in [0.25, 0.3) is 17.4 Å². The van der Waals surface area contributed by atoms with E-state index in [9.17, 15) is 9.59 Å². The first-order valence-electron chi connectivity index (χ1n) is 10.6. The molecule has 0 bridgehead atoms. The number of amides is 2. The molecule has 0 radical (unpaired) electrons. The van der Waals surface area contributed by atoms with E-state index >= 15 is 0 Å². The van der Waals surface area contributed by atoms with Crippen LogP contribution < -0.4 is 16.0 Å². The van der Waals surface area contributed by atoms with Gasteiger partial charge in [0.1, 0.15) is 11.5 Å². The van der Waals surface area contributed by atoms with Gasteiger partial charge in [-0.2, -0.15) is 0 Å². The van der Waals surface area contributed by atoms with Gasteiger partial charge in [-0.15, -0.1) is 0 Å². The number of benzene rings is 2. The van der Waals surface area contributed by atoms with Crippen molar-refractivity contribution in [1.82, 2.24) is 5.32 Å². The van der Waals surface area contributed by atoms with Gasteiger partial charge < -0.3 is 19.5 Å². The molecular formula is C26H19Cl2N3O4S. The van der Waals surface area contributed by atoms with Crippen LogP contribution in [-0.2, 0) is 4.79 Å². The summed E-state index contributed by atoms with van der Waals surface area (Å²) < 4.78 is 10.8. The van der Waals surface area contributed by atoms with Gasteiger partial charge >= 0.3 is 0 Å². The number of aryl methyl sites for hydroxylation is 1. The summed E-state index contributed by atoms with van der Waals surface area (Å²) in [4.78, 5) is 24.4. The van der Waals surface area contributed by atoms with Crippen LogP contribution in [0.5, 0.6) is 0 Å². The third-order valence-electron chi connectivity index (χ3n) is 4.94. The van der Waals surface area contributed by atoms with Crippen molar-refractivity contribution in [3.05, 3.63) is 100 Å². The van der Waals surface area contributed by atoms with Crippen LogP contribution in [-0.4, -0.2) is 16.9 Å². The Labute approximate surface area is 222 Å². The predicted molar refractivity (Wildman–Crippen MR) is 145 cm³/mol. The Balaban J connectivity index is 1.31. The molecule has 2 aromatic carbocycles. The van der Waals surface area contributed by atoms with Crippen molar-refractivity contribution in [2.75, 3.05) is 10.6 Å². The van der Waals surface area contributed by atoms with Gasteiger partial charge in [-0.1, -0.05) is 23.2 Å². The number of rotatable bonds is 6. The number of hydrogen-bond acceptors (Lipinski definition) is 5. The second-order valence-corrected chi connectivity index (χ2v) is 8.82. The molecule has 10 heteroatoms. The van der Waals surface area contributed by atoms with Crippen LogP contribution in [0.2, 0.25) is 10.0 Å². The summed E-state index contributed by atoms with van der Waals surface area (Å²) in [5.74, 6) is 0.446. The minimum Gasteiger partial charge on any atom is -0.459 e. The summed E-state index contributed by atoms with van der Waals surface area (Å²) in [6, 6.07) is 17.0. The third kappa shape index (κ3) is 6.42. The maximum atomic E-state index is 12.3. The smallest absolute Gasteiger partial charge is 0.291 e. The number of furan rings is 2. The lowest BCUT2D eigenvalue weighted by atomic mass is 10.1. The van der Waals surface area contributed by atoms with Crippen LogP contribution in [0.4, 0.5) is 11.4 Å². The van der Waals surface area contributed by atoms with E-state index in [1.807, 2.05) is 6.92 Å². The Bertz CT molecular complexity index is 1460. The average molecular weight is 540 g/mol. The van der Waals surface area contributed by atoms with Crippen LogP contribution in [0.3, 0.4) is 0 Å². The van der Waals surface area contributed by atoms with Crippen LogP contribution in [0, 0.1) is 6.92 Å². The van der Waals surface area contributed by atoms with Crippen LogP contribution in [0.15, 0.2) is 81.8 Å². The number of nitrogens with one attached hydrogen (secondary N) is 3. The number of hydrogen-bond donors (Lipinski definition) is 3. The van der Waals surface area contributed by atoms with E-state index in [1.165, 1.54) is 18.4 Å². The normalized spacial score (nSPS) is 10.9. The molecule has 4 rings (SSSR count). The highest BCUT2D eigenvalue weighted by molar-refractivity contribution is 7.80. The van der Waals surface area contributed by atoms with Gasteiger partial charge in [-0.05, 0) is 91.4 Å². The van der Waals surface area contributed by atoms with E-state index in [1.54, 1.807) is 60.7 Å². The first-order valence-corrected chi connectivity index (χ1v) is 11.8. The van der Waals surface area contributed by atoms with Gasteiger partial charge in [0.15, 0.2) is 10.9 Å². The van der Waals surface area contributed by atoms with E-state index in [4.69, 9.17) is 44.3 Å². The van der Waals surface area contributed by atoms with Crippen molar-refractivity contribution < 1.29 is 18.4 Å². The number of carbonyl (C=O) groups is 2. The highest BCUT2D eigenvalue weighted by atomic mass is 35.5. The zero-order chi connectivity index (χ0) is 25.7. The van der Waals surface area contributed by atoms with Crippen LogP contribution in [0.1, 0.15) is 21.9 Å². The third-order valence-corrected chi connectivity index (χ3v) is 5.69. The highest BCUT2D eigenvalue weighted by Gasteiger charge is 2.11. The summed E-state index contributed by atoms with van der Waals surface area (Å²) in [5, 5.41) is 9.40. The first kappa shape index (κ1) is 25.2. The molecule has 0 spiro atoms. The SMILES string of the molecule is Cc1cc(NC(=S)NC(=O)/C=C/c2ccc(-c3ccc(Cl)cc3Cl)o2)ccc1NC(=O)c1ccco1. The fourth-order valence-electron chi connectivity index (χ4n) is 3.22. The standard InChI is InChI=1S/C26H19Cl2N3O4S/c1-15-13-17(5-9-21(15)30-25(33)23-3-2-12-34-23)29-26(36)31-24(32)11-7-18-6-10-22(35-18)19-8-4-16(27)14-20(19)28/h2-14H,1H3,(H,30,33)(H2,29,31,32,36)/b11-7+. The Morgan fingerprint density at radius 3 is 2.56 bits per heavy atom. The summed E-state index contributed by atoms with van der Waals surface area (Å²) in [6.07, 6.45) is 4.26. The fraction of sp³-hybridized carbons (Fsp3) is 0.0385.